The predicted octanol–water partition coefficient (Wildman–Crippen LogP) is -0.000220. The van der Waals surface area contributed by atoms with Gasteiger partial charge in [-0.3, -0.25) is 0 Å². The second kappa shape index (κ2) is 2.38. The van der Waals surface area contributed by atoms with Crippen molar-refractivity contribution in [3.8, 4) is 6.07 Å². The largest absolute Gasteiger partial charge is 0.306 e. The maximum absolute atomic E-state index is 8.59. The van der Waals surface area contributed by atoms with E-state index in [1.54, 1.807) is 28.9 Å². The van der Waals surface area contributed by atoms with Gasteiger partial charge in [0.05, 0.1) is 5.56 Å². The number of imidazole rings is 1. The zero-order chi connectivity index (χ0) is 8.55. The Morgan fingerprint density at radius 2 is 2.25 bits per heavy atom. The van der Waals surface area contributed by atoms with E-state index in [4.69, 9.17) is 13.1 Å². The van der Waals surface area contributed by atoms with Gasteiger partial charge in [-0.15, -0.1) is 0 Å². The number of rotatable bonds is 0. The third-order valence-electron chi connectivity index (χ3n) is 1.60. The van der Waals surface area contributed by atoms with Crippen LogP contribution in [-0.4, -0.2) is 17.2 Å². The molecule has 2 radical (unpaired) electrons. The van der Waals surface area contributed by atoms with Crippen molar-refractivity contribution in [3.05, 3.63) is 30.1 Å². The third-order valence-corrected chi connectivity index (χ3v) is 1.60. The van der Waals surface area contributed by atoms with Crippen molar-refractivity contribution in [2.75, 3.05) is 0 Å². The third kappa shape index (κ3) is 0.959. The summed E-state index contributed by atoms with van der Waals surface area (Å²) in [5.41, 5.74) is 1.82. The highest BCUT2D eigenvalue weighted by Gasteiger charge is 1.96. The lowest BCUT2D eigenvalue weighted by Gasteiger charge is -1.91. The summed E-state index contributed by atoms with van der Waals surface area (Å²) < 4.78 is 1.73. The van der Waals surface area contributed by atoms with Crippen LogP contribution in [-0.2, 0) is 0 Å². The summed E-state index contributed by atoms with van der Waals surface area (Å²) in [5.74, 6) is 0. The van der Waals surface area contributed by atoms with Crippen molar-refractivity contribution >= 4 is 19.1 Å². The summed E-state index contributed by atoms with van der Waals surface area (Å²) in [6, 6.07) is 5.51. The minimum Gasteiger partial charge on any atom is -0.306 e. The van der Waals surface area contributed by atoms with Crippen molar-refractivity contribution in [3.63, 3.8) is 0 Å². The molecular weight excluding hydrogens is 149 g/mol. The van der Waals surface area contributed by atoms with Crippen LogP contribution in [0.3, 0.4) is 0 Å². The van der Waals surface area contributed by atoms with Crippen molar-refractivity contribution in [2.45, 2.75) is 0 Å². The molecule has 0 saturated carbocycles. The molecule has 2 aromatic heterocycles. The lowest BCUT2D eigenvalue weighted by molar-refractivity contribution is 1.17. The fraction of sp³-hybridized carbons (Fsp3) is 0. The Bertz CT molecular complexity index is 467. The summed E-state index contributed by atoms with van der Waals surface area (Å²) in [6.45, 7) is 0. The van der Waals surface area contributed by atoms with E-state index in [0.29, 0.717) is 11.2 Å². The number of hydrogen-bond acceptors (Lipinski definition) is 2. The average molecular weight is 153 g/mol. The van der Waals surface area contributed by atoms with E-state index in [1.165, 1.54) is 0 Å². The molecule has 0 unspecified atom stereocenters. The van der Waals surface area contributed by atoms with Crippen LogP contribution >= 0.6 is 0 Å². The van der Waals surface area contributed by atoms with Crippen molar-refractivity contribution < 1.29 is 0 Å². The van der Waals surface area contributed by atoms with Gasteiger partial charge in [-0.25, -0.2) is 4.98 Å². The highest BCUT2D eigenvalue weighted by atomic mass is 15.0. The molecule has 0 aliphatic carbocycles. The number of hydrogen-bond donors (Lipinski definition) is 0. The highest BCUT2D eigenvalue weighted by molar-refractivity contribution is 6.30. The Morgan fingerprint density at radius 3 is 3.00 bits per heavy atom. The molecule has 0 spiro atoms. The number of nitriles is 1. The van der Waals surface area contributed by atoms with Crippen LogP contribution in [0.2, 0.25) is 0 Å². The number of aromatic nitrogens is 2. The fourth-order valence-electron chi connectivity index (χ4n) is 1.08. The molecule has 54 valence electrons. The number of fused-ring (bicyclic) bond motifs is 1. The van der Waals surface area contributed by atoms with E-state index >= 15 is 0 Å². The van der Waals surface area contributed by atoms with Gasteiger partial charge in [0.15, 0.2) is 0 Å². The highest BCUT2D eigenvalue weighted by Crippen LogP contribution is 2.01. The van der Waals surface area contributed by atoms with Gasteiger partial charge >= 0.3 is 0 Å². The van der Waals surface area contributed by atoms with Gasteiger partial charge in [0.2, 0.25) is 0 Å². The molecule has 0 aliphatic heterocycles. The first-order valence-electron chi connectivity index (χ1n) is 3.44. The molecule has 0 amide bonds. The zero-order valence-corrected chi connectivity index (χ0v) is 6.23. The van der Waals surface area contributed by atoms with Gasteiger partial charge in [-0.1, -0.05) is 0 Å². The molecule has 0 fully saturated rings. The smallest absolute Gasteiger partial charge is 0.143 e. The Labute approximate surface area is 70.7 Å². The predicted molar refractivity (Wildman–Crippen MR) is 45.3 cm³/mol. The van der Waals surface area contributed by atoms with Crippen LogP contribution in [0.5, 0.6) is 0 Å². The van der Waals surface area contributed by atoms with Gasteiger partial charge in [0, 0.05) is 18.0 Å². The summed E-state index contributed by atoms with van der Waals surface area (Å²) in [6.07, 6.45) is 3.37. The van der Waals surface area contributed by atoms with Crippen LogP contribution in [0.1, 0.15) is 5.56 Å². The standard InChI is InChI=1S/C8H4BN3/c9-7-5-12-4-6(3-10)1-2-8(12)11-7/h1-2,4-5H. The van der Waals surface area contributed by atoms with Crippen LogP contribution in [0, 0.1) is 11.3 Å². The first-order chi connectivity index (χ1) is 5.79. The van der Waals surface area contributed by atoms with Gasteiger partial charge < -0.3 is 4.40 Å². The molecule has 2 aromatic rings. The second-order valence-corrected chi connectivity index (χ2v) is 2.46. The topological polar surface area (TPSA) is 41.1 Å². The van der Waals surface area contributed by atoms with E-state index in [0.717, 1.165) is 5.65 Å². The molecule has 2 rings (SSSR count). The summed E-state index contributed by atoms with van der Waals surface area (Å²) in [7, 11) is 5.47. The molecule has 4 heteroatoms. The van der Waals surface area contributed by atoms with Gasteiger partial charge in [-0.05, 0) is 12.1 Å². The molecule has 0 aliphatic rings. The van der Waals surface area contributed by atoms with Crippen LogP contribution < -0.4 is 5.59 Å². The van der Waals surface area contributed by atoms with Crippen LogP contribution in [0.25, 0.3) is 5.65 Å². The van der Waals surface area contributed by atoms with Crippen LogP contribution in [0.4, 0.5) is 0 Å². The maximum atomic E-state index is 8.59. The summed E-state index contributed by atoms with van der Waals surface area (Å²) in [5, 5.41) is 8.59. The summed E-state index contributed by atoms with van der Waals surface area (Å²) >= 11 is 0. The monoisotopic (exact) mass is 153 g/mol. The van der Waals surface area contributed by atoms with Gasteiger partial charge in [0.1, 0.15) is 19.6 Å². The van der Waals surface area contributed by atoms with Gasteiger partial charge in [0.25, 0.3) is 0 Å². The van der Waals surface area contributed by atoms with E-state index in [9.17, 15) is 0 Å². The average Bonchev–Trinajstić information content (AvgIpc) is 2.43. The van der Waals surface area contributed by atoms with Gasteiger partial charge in [-0.2, -0.15) is 5.26 Å². The number of nitrogens with zero attached hydrogens (tertiary/aromatic N) is 3. The first kappa shape index (κ1) is 6.92. The van der Waals surface area contributed by atoms with Crippen LogP contribution in [0.15, 0.2) is 24.5 Å². The van der Waals surface area contributed by atoms with E-state index in [2.05, 4.69) is 4.98 Å². The molecule has 0 saturated heterocycles. The number of pyridine rings is 1. The van der Waals surface area contributed by atoms with Crippen molar-refractivity contribution in [1.29, 1.82) is 5.26 Å². The lowest BCUT2D eigenvalue weighted by Crippen LogP contribution is -1.99. The molecule has 0 bridgehead atoms. The van der Waals surface area contributed by atoms with E-state index in [-0.39, 0.29) is 0 Å². The Hall–Kier alpha value is -1.76. The molecular formula is C8H4BN3. The first-order valence-corrected chi connectivity index (χ1v) is 3.44. The molecule has 0 aromatic carbocycles. The Balaban J connectivity index is 2.77. The minimum atomic E-state index is 0.463. The quantitative estimate of drug-likeness (QED) is 0.499. The molecule has 3 nitrogen and oxygen atoms in total. The van der Waals surface area contributed by atoms with E-state index in [1.807, 2.05) is 6.07 Å². The minimum absolute atomic E-state index is 0.463. The maximum Gasteiger partial charge on any atom is 0.143 e. The fourth-order valence-corrected chi connectivity index (χ4v) is 1.08. The Kier molecular flexibility index (Phi) is 1.37. The normalized spacial score (nSPS) is 9.92. The Morgan fingerprint density at radius 1 is 1.42 bits per heavy atom. The van der Waals surface area contributed by atoms with E-state index < -0.39 is 0 Å². The molecule has 0 atom stereocenters. The molecule has 12 heavy (non-hydrogen) atoms. The lowest BCUT2D eigenvalue weighted by atomic mass is 10.1. The van der Waals surface area contributed by atoms with Crippen molar-refractivity contribution in [1.82, 2.24) is 9.38 Å². The zero-order valence-electron chi connectivity index (χ0n) is 6.23. The second-order valence-electron chi connectivity index (χ2n) is 2.46. The molecule has 0 N–H and O–H groups in total. The SMILES string of the molecule is [B]c1cn2cc(C#N)ccc2n1. The molecule has 2 heterocycles. The van der Waals surface area contributed by atoms with Crippen molar-refractivity contribution in [2.24, 2.45) is 0 Å². The summed E-state index contributed by atoms with van der Waals surface area (Å²) in [4.78, 5) is 4.02.